The van der Waals surface area contributed by atoms with E-state index in [1.54, 1.807) is 6.07 Å². The molecule has 2 aromatic rings. The summed E-state index contributed by atoms with van der Waals surface area (Å²) in [5.74, 6) is -0.986. The Labute approximate surface area is 164 Å². The van der Waals surface area contributed by atoms with Gasteiger partial charge in [0, 0.05) is 4.47 Å². The van der Waals surface area contributed by atoms with Gasteiger partial charge < -0.3 is 10.1 Å². The number of sulfonamides is 1. The van der Waals surface area contributed by atoms with Gasteiger partial charge in [0.1, 0.15) is 18.1 Å². The smallest absolute Gasteiger partial charge is 0.245 e. The molecular formula is C16H15BrClFN2O4S. The number of nitrogens with one attached hydrogen (secondary N) is 1. The van der Waals surface area contributed by atoms with Crippen molar-refractivity contribution in [1.29, 1.82) is 0 Å². The Balaban J connectivity index is 2.25. The van der Waals surface area contributed by atoms with Gasteiger partial charge in [0.2, 0.25) is 15.9 Å². The molecule has 2 aromatic carbocycles. The van der Waals surface area contributed by atoms with E-state index in [9.17, 15) is 17.6 Å². The third-order valence-corrected chi connectivity index (χ3v) is 5.25. The summed E-state index contributed by atoms with van der Waals surface area (Å²) >= 11 is 9.14. The van der Waals surface area contributed by atoms with Crippen LogP contribution in [0.1, 0.15) is 0 Å². The second kappa shape index (κ2) is 8.24. The second-order valence-corrected chi connectivity index (χ2v) is 8.49. The first-order valence-corrected chi connectivity index (χ1v) is 10.2. The van der Waals surface area contributed by atoms with Crippen LogP contribution in [-0.2, 0) is 14.8 Å². The minimum absolute atomic E-state index is 0.0561. The molecule has 0 aromatic heterocycles. The molecular weight excluding hydrogens is 451 g/mol. The molecule has 0 saturated heterocycles. The molecule has 26 heavy (non-hydrogen) atoms. The summed E-state index contributed by atoms with van der Waals surface area (Å²) in [5.41, 5.74) is 0.129. The molecule has 10 heteroatoms. The Hall–Kier alpha value is -1.84. The minimum atomic E-state index is -3.79. The number of hydrogen-bond acceptors (Lipinski definition) is 4. The zero-order chi connectivity index (χ0) is 19.5. The van der Waals surface area contributed by atoms with Crippen molar-refractivity contribution in [3.8, 4) is 5.75 Å². The summed E-state index contributed by atoms with van der Waals surface area (Å²) in [6, 6.07) is 8.42. The van der Waals surface area contributed by atoms with Crippen molar-refractivity contribution in [1.82, 2.24) is 0 Å². The Morgan fingerprint density at radius 3 is 2.54 bits per heavy atom. The fourth-order valence-electron chi connectivity index (χ4n) is 2.12. The Kier molecular flexibility index (Phi) is 6.48. The van der Waals surface area contributed by atoms with Crippen molar-refractivity contribution in [3.63, 3.8) is 0 Å². The lowest BCUT2D eigenvalue weighted by molar-refractivity contribution is -0.114. The Bertz CT molecular complexity index is 940. The first kappa shape index (κ1) is 20.5. The summed E-state index contributed by atoms with van der Waals surface area (Å²) in [6.07, 6.45) is 0.957. The highest BCUT2D eigenvalue weighted by molar-refractivity contribution is 9.10. The summed E-state index contributed by atoms with van der Waals surface area (Å²) in [6.45, 7) is -0.545. The van der Waals surface area contributed by atoms with Crippen molar-refractivity contribution in [2.75, 3.05) is 29.5 Å². The van der Waals surface area contributed by atoms with Crippen LogP contribution in [0.25, 0.3) is 0 Å². The third kappa shape index (κ3) is 5.09. The quantitative estimate of drug-likeness (QED) is 0.706. The van der Waals surface area contributed by atoms with Gasteiger partial charge in [0.05, 0.1) is 29.8 Å². The first-order chi connectivity index (χ1) is 12.1. The number of halogens is 3. The molecule has 0 aliphatic rings. The Morgan fingerprint density at radius 1 is 1.31 bits per heavy atom. The van der Waals surface area contributed by atoms with E-state index >= 15 is 0 Å². The highest BCUT2D eigenvalue weighted by Gasteiger charge is 2.22. The predicted octanol–water partition coefficient (Wildman–Crippen LogP) is 3.65. The number of methoxy groups -OCH3 is 1. The molecule has 0 fully saturated rings. The molecule has 0 heterocycles. The van der Waals surface area contributed by atoms with Gasteiger partial charge in [-0.2, -0.15) is 0 Å². The average Bonchev–Trinajstić information content (AvgIpc) is 2.54. The van der Waals surface area contributed by atoms with E-state index < -0.39 is 28.3 Å². The number of rotatable bonds is 6. The number of carbonyl (C=O) groups excluding carboxylic acids is 1. The zero-order valence-corrected chi connectivity index (χ0v) is 17.0. The fourth-order valence-corrected chi connectivity index (χ4v) is 3.55. The molecule has 0 aliphatic carbocycles. The molecule has 0 saturated carbocycles. The summed E-state index contributed by atoms with van der Waals surface area (Å²) in [7, 11) is -2.36. The van der Waals surface area contributed by atoms with Gasteiger partial charge in [-0.1, -0.05) is 27.5 Å². The van der Waals surface area contributed by atoms with Crippen LogP contribution in [0.2, 0.25) is 5.02 Å². The molecule has 1 N–H and O–H groups in total. The summed E-state index contributed by atoms with van der Waals surface area (Å²) in [4.78, 5) is 12.2. The predicted molar refractivity (Wildman–Crippen MR) is 103 cm³/mol. The molecule has 0 atom stereocenters. The second-order valence-electron chi connectivity index (χ2n) is 5.26. The van der Waals surface area contributed by atoms with Gasteiger partial charge in [-0.05, 0) is 36.4 Å². The maximum absolute atomic E-state index is 13.8. The van der Waals surface area contributed by atoms with E-state index in [-0.39, 0.29) is 16.4 Å². The molecule has 2 rings (SSSR count). The van der Waals surface area contributed by atoms with Crippen LogP contribution in [0.4, 0.5) is 15.8 Å². The van der Waals surface area contributed by atoms with E-state index in [0.29, 0.717) is 10.2 Å². The molecule has 0 aliphatic heterocycles. The highest BCUT2D eigenvalue weighted by Crippen LogP contribution is 2.30. The van der Waals surface area contributed by atoms with E-state index in [2.05, 4.69) is 21.2 Å². The van der Waals surface area contributed by atoms with Gasteiger partial charge >= 0.3 is 0 Å². The van der Waals surface area contributed by atoms with Gasteiger partial charge in [-0.3, -0.25) is 9.10 Å². The van der Waals surface area contributed by atoms with Crippen LogP contribution in [0, 0.1) is 5.82 Å². The largest absolute Gasteiger partial charge is 0.495 e. The molecule has 0 unspecified atom stereocenters. The van der Waals surface area contributed by atoms with Crippen LogP contribution < -0.4 is 14.4 Å². The highest BCUT2D eigenvalue weighted by atomic mass is 79.9. The van der Waals surface area contributed by atoms with Crippen LogP contribution in [-0.4, -0.2) is 34.2 Å². The number of hydrogen-bond donors (Lipinski definition) is 1. The maximum atomic E-state index is 13.8. The van der Waals surface area contributed by atoms with E-state index in [4.69, 9.17) is 16.3 Å². The minimum Gasteiger partial charge on any atom is -0.495 e. The van der Waals surface area contributed by atoms with E-state index in [1.165, 1.54) is 37.4 Å². The number of carbonyl (C=O) groups is 1. The SMILES string of the molecule is COc1ccc(N(CC(=O)Nc2ccc(Br)cc2F)S(C)(=O)=O)cc1Cl. The van der Waals surface area contributed by atoms with Crippen molar-refractivity contribution in [3.05, 3.63) is 51.7 Å². The first-order valence-electron chi connectivity index (χ1n) is 7.18. The van der Waals surface area contributed by atoms with Crippen LogP contribution in [0.5, 0.6) is 5.75 Å². The van der Waals surface area contributed by atoms with Crippen molar-refractivity contribution < 1.29 is 22.3 Å². The van der Waals surface area contributed by atoms with Crippen molar-refractivity contribution in [2.45, 2.75) is 0 Å². The molecule has 0 radical (unpaired) electrons. The third-order valence-electron chi connectivity index (χ3n) is 3.32. The number of amides is 1. The number of anilines is 2. The van der Waals surface area contributed by atoms with Gasteiger partial charge in [-0.15, -0.1) is 0 Å². The number of nitrogens with zero attached hydrogens (tertiary/aromatic N) is 1. The maximum Gasteiger partial charge on any atom is 0.245 e. The van der Waals surface area contributed by atoms with Gasteiger partial charge in [-0.25, -0.2) is 12.8 Å². The lowest BCUT2D eigenvalue weighted by Crippen LogP contribution is -2.37. The average molecular weight is 466 g/mol. The lowest BCUT2D eigenvalue weighted by atomic mass is 10.3. The monoisotopic (exact) mass is 464 g/mol. The number of benzene rings is 2. The van der Waals surface area contributed by atoms with Crippen molar-refractivity contribution in [2.24, 2.45) is 0 Å². The van der Waals surface area contributed by atoms with E-state index in [1.807, 2.05) is 0 Å². The summed E-state index contributed by atoms with van der Waals surface area (Å²) < 4.78 is 44.4. The normalized spacial score (nSPS) is 11.1. The topological polar surface area (TPSA) is 75.7 Å². The van der Waals surface area contributed by atoms with Gasteiger partial charge in [0.15, 0.2) is 0 Å². The Morgan fingerprint density at radius 2 is 2.00 bits per heavy atom. The van der Waals surface area contributed by atoms with E-state index in [0.717, 1.165) is 10.6 Å². The zero-order valence-electron chi connectivity index (χ0n) is 13.8. The summed E-state index contributed by atoms with van der Waals surface area (Å²) in [5, 5.41) is 2.54. The molecule has 0 bridgehead atoms. The van der Waals surface area contributed by atoms with Crippen LogP contribution >= 0.6 is 27.5 Å². The molecule has 140 valence electrons. The standard InChI is InChI=1S/C16H15BrClFN2O4S/c1-25-15-6-4-11(8-12(15)18)21(26(2,23)24)9-16(22)20-14-5-3-10(17)7-13(14)19/h3-8H,9H2,1-2H3,(H,20,22). The molecule has 0 spiro atoms. The number of ether oxygens (including phenoxy) is 1. The lowest BCUT2D eigenvalue weighted by Gasteiger charge is -2.22. The molecule has 1 amide bonds. The van der Waals surface area contributed by atoms with Crippen LogP contribution in [0.3, 0.4) is 0 Å². The fraction of sp³-hybridized carbons (Fsp3) is 0.188. The van der Waals surface area contributed by atoms with Crippen LogP contribution in [0.15, 0.2) is 40.9 Å². The molecule has 6 nitrogen and oxygen atoms in total. The van der Waals surface area contributed by atoms with Crippen molar-refractivity contribution >= 4 is 54.8 Å². The van der Waals surface area contributed by atoms with Gasteiger partial charge in [0.25, 0.3) is 0 Å².